The Morgan fingerprint density at radius 1 is 0.892 bits per heavy atom. The molecule has 3 aromatic carbocycles. The highest BCUT2D eigenvalue weighted by Crippen LogP contribution is 2.39. The van der Waals surface area contributed by atoms with E-state index in [4.69, 9.17) is 4.43 Å². The minimum Gasteiger partial charge on any atom is -0.407 e. The monoisotopic (exact) mass is 527 g/mol. The summed E-state index contributed by atoms with van der Waals surface area (Å²) in [6, 6.07) is 25.8. The van der Waals surface area contributed by atoms with Crippen molar-refractivity contribution in [3.63, 3.8) is 0 Å². The molecule has 0 atom stereocenters. The van der Waals surface area contributed by atoms with E-state index in [1.807, 2.05) is 0 Å². The van der Waals surface area contributed by atoms with Crippen LogP contribution < -0.4 is 15.7 Å². The molecule has 5 heteroatoms. The zero-order chi connectivity index (χ0) is 26.6. The van der Waals surface area contributed by atoms with E-state index in [9.17, 15) is 4.79 Å². The molecular weight excluding hydrogens is 491 g/mol. The third kappa shape index (κ3) is 6.29. The normalized spacial score (nSPS) is 11.6. The Balaban J connectivity index is 1.77. The van der Waals surface area contributed by atoms with Crippen molar-refractivity contribution in [2.45, 2.75) is 60.1 Å². The summed E-state index contributed by atoms with van der Waals surface area (Å²) in [6.07, 6.45) is 0. The van der Waals surface area contributed by atoms with Crippen molar-refractivity contribution in [1.82, 2.24) is 5.32 Å². The van der Waals surface area contributed by atoms with Crippen LogP contribution in [0.25, 0.3) is 11.1 Å². The summed E-state index contributed by atoms with van der Waals surface area (Å²) >= 11 is 1.69. The number of hydrogen-bond acceptors (Lipinski definition) is 3. The van der Waals surface area contributed by atoms with Crippen molar-refractivity contribution in [1.29, 1.82) is 0 Å². The van der Waals surface area contributed by atoms with Crippen LogP contribution >= 0.6 is 11.3 Å². The molecular formula is C32H37NO2SSi. The highest BCUT2D eigenvalue weighted by molar-refractivity contribution is 7.10. The molecule has 1 heterocycles. The van der Waals surface area contributed by atoms with Gasteiger partial charge in [0.05, 0.1) is 13.2 Å². The summed E-state index contributed by atoms with van der Waals surface area (Å²) < 4.78 is 6.85. The highest BCUT2D eigenvalue weighted by atomic mass is 32.1. The molecule has 0 aliphatic heterocycles. The van der Waals surface area contributed by atoms with Crippen LogP contribution in [-0.4, -0.2) is 14.9 Å². The quantitative estimate of drug-likeness (QED) is 0.285. The standard InChI is InChI=1S/C32H37NO2SSi/c1-22-25(21-35-37(26-13-9-7-10-14-26)27-15-11-8-12-16-27)19-29(23(2)31(22)32(4,5)6)28-17-18-36-30(28)20-33-24(3)34/h7-19,37H,20-21H2,1-6H3,(H,33,34). The first kappa shape index (κ1) is 27.1. The van der Waals surface area contributed by atoms with E-state index in [1.54, 1.807) is 18.3 Å². The minimum absolute atomic E-state index is 0.0115. The second kappa shape index (κ2) is 11.6. The maximum Gasteiger partial charge on any atom is 0.240 e. The summed E-state index contributed by atoms with van der Waals surface area (Å²) in [5, 5.41) is 7.66. The zero-order valence-electron chi connectivity index (χ0n) is 22.7. The number of rotatable bonds is 8. The summed E-state index contributed by atoms with van der Waals surface area (Å²) in [6.45, 7) is 14.0. The molecule has 0 saturated carbocycles. The Morgan fingerprint density at radius 2 is 1.49 bits per heavy atom. The summed E-state index contributed by atoms with van der Waals surface area (Å²) in [7, 11) is -1.87. The molecule has 0 bridgehead atoms. The number of amides is 1. The van der Waals surface area contributed by atoms with Gasteiger partial charge >= 0.3 is 0 Å². The van der Waals surface area contributed by atoms with E-state index in [0.29, 0.717) is 13.2 Å². The SMILES string of the molecule is CC(=O)NCc1sccc1-c1cc(CO[SiH](c2ccccc2)c2ccccc2)c(C)c(C(C)(C)C)c1C. The van der Waals surface area contributed by atoms with Gasteiger partial charge in [-0.05, 0) is 80.5 Å². The molecule has 0 saturated heterocycles. The molecule has 0 aliphatic carbocycles. The van der Waals surface area contributed by atoms with Crippen molar-refractivity contribution < 1.29 is 9.22 Å². The van der Waals surface area contributed by atoms with Gasteiger partial charge in [-0.2, -0.15) is 0 Å². The zero-order valence-corrected chi connectivity index (χ0v) is 24.7. The van der Waals surface area contributed by atoms with Crippen LogP contribution in [0, 0.1) is 13.8 Å². The second-order valence-electron chi connectivity index (χ2n) is 10.6. The first-order valence-electron chi connectivity index (χ1n) is 12.8. The molecule has 4 rings (SSSR count). The number of thiophene rings is 1. The van der Waals surface area contributed by atoms with E-state index >= 15 is 0 Å². The molecule has 0 spiro atoms. The Kier molecular flexibility index (Phi) is 8.48. The van der Waals surface area contributed by atoms with Gasteiger partial charge in [-0.25, -0.2) is 0 Å². The maximum atomic E-state index is 11.6. The van der Waals surface area contributed by atoms with Crippen molar-refractivity contribution in [2.24, 2.45) is 0 Å². The van der Waals surface area contributed by atoms with Gasteiger partial charge in [-0.3, -0.25) is 4.79 Å². The van der Waals surface area contributed by atoms with E-state index in [1.165, 1.54) is 48.6 Å². The van der Waals surface area contributed by atoms with E-state index in [2.05, 4.69) is 118 Å². The lowest BCUT2D eigenvalue weighted by atomic mass is 9.77. The van der Waals surface area contributed by atoms with Crippen LogP contribution in [0.15, 0.2) is 78.2 Å². The number of benzene rings is 3. The third-order valence-corrected chi connectivity index (χ3v) is 10.2. The number of carbonyl (C=O) groups is 1. The van der Waals surface area contributed by atoms with Gasteiger partial charge in [0, 0.05) is 11.8 Å². The lowest BCUT2D eigenvalue weighted by Crippen LogP contribution is -2.44. The highest BCUT2D eigenvalue weighted by Gasteiger charge is 2.25. The van der Waals surface area contributed by atoms with Crippen molar-refractivity contribution in [3.8, 4) is 11.1 Å². The van der Waals surface area contributed by atoms with Crippen LogP contribution in [0.2, 0.25) is 0 Å². The fraction of sp³-hybridized carbons (Fsp3) is 0.281. The smallest absolute Gasteiger partial charge is 0.240 e. The first-order chi connectivity index (χ1) is 17.7. The molecule has 1 aromatic heterocycles. The molecule has 0 radical (unpaired) electrons. The Morgan fingerprint density at radius 3 is 2.03 bits per heavy atom. The summed E-state index contributed by atoms with van der Waals surface area (Å²) in [5.74, 6) is -0.0118. The van der Waals surface area contributed by atoms with E-state index < -0.39 is 9.04 Å². The Labute approximate surface area is 227 Å². The van der Waals surface area contributed by atoms with Crippen molar-refractivity contribution in [2.75, 3.05) is 0 Å². The van der Waals surface area contributed by atoms with Gasteiger partial charge in [0.1, 0.15) is 0 Å². The number of carbonyl (C=O) groups excluding carboxylic acids is 1. The van der Waals surface area contributed by atoms with Gasteiger partial charge in [0.2, 0.25) is 14.9 Å². The maximum absolute atomic E-state index is 11.6. The molecule has 0 unspecified atom stereocenters. The number of nitrogens with one attached hydrogen (secondary N) is 1. The summed E-state index contributed by atoms with van der Waals surface area (Å²) in [5.41, 5.74) is 7.63. The molecule has 37 heavy (non-hydrogen) atoms. The van der Waals surface area contributed by atoms with Crippen LogP contribution in [0.5, 0.6) is 0 Å². The van der Waals surface area contributed by atoms with Gasteiger partial charge in [0.25, 0.3) is 0 Å². The van der Waals surface area contributed by atoms with Gasteiger partial charge in [-0.1, -0.05) is 81.4 Å². The van der Waals surface area contributed by atoms with Crippen molar-refractivity contribution >= 4 is 36.7 Å². The number of hydrogen-bond donors (Lipinski definition) is 1. The third-order valence-electron chi connectivity index (χ3n) is 6.85. The fourth-order valence-corrected chi connectivity index (χ4v) is 8.35. The Hall–Kier alpha value is -2.99. The van der Waals surface area contributed by atoms with Crippen LogP contribution in [0.4, 0.5) is 0 Å². The fourth-order valence-electron chi connectivity index (χ4n) is 5.26. The lowest BCUT2D eigenvalue weighted by Gasteiger charge is -2.29. The largest absolute Gasteiger partial charge is 0.407 e. The predicted molar refractivity (Wildman–Crippen MR) is 160 cm³/mol. The molecule has 0 fully saturated rings. The van der Waals surface area contributed by atoms with Crippen LogP contribution in [0.3, 0.4) is 0 Å². The van der Waals surface area contributed by atoms with E-state index in [-0.39, 0.29) is 11.3 Å². The molecule has 4 aromatic rings. The predicted octanol–water partition coefficient (Wildman–Crippen LogP) is 6.02. The van der Waals surface area contributed by atoms with Crippen LogP contribution in [-0.2, 0) is 27.8 Å². The average molecular weight is 528 g/mol. The average Bonchev–Trinajstić information content (AvgIpc) is 3.33. The van der Waals surface area contributed by atoms with Crippen molar-refractivity contribution in [3.05, 3.63) is 105 Å². The van der Waals surface area contributed by atoms with Gasteiger partial charge < -0.3 is 9.74 Å². The lowest BCUT2D eigenvalue weighted by molar-refractivity contribution is -0.119. The van der Waals surface area contributed by atoms with Crippen LogP contribution in [0.1, 0.15) is 54.8 Å². The molecule has 1 amide bonds. The van der Waals surface area contributed by atoms with Gasteiger partial charge in [0.15, 0.2) is 0 Å². The Bertz CT molecular complexity index is 1320. The van der Waals surface area contributed by atoms with E-state index in [0.717, 1.165) is 0 Å². The second-order valence-corrected chi connectivity index (χ2v) is 14.1. The topological polar surface area (TPSA) is 38.3 Å². The molecule has 0 aliphatic rings. The molecule has 1 N–H and O–H groups in total. The van der Waals surface area contributed by atoms with Gasteiger partial charge in [-0.15, -0.1) is 11.3 Å². The first-order valence-corrected chi connectivity index (χ1v) is 15.3. The molecule has 192 valence electrons. The minimum atomic E-state index is -1.87. The molecule has 3 nitrogen and oxygen atoms in total. The summed E-state index contributed by atoms with van der Waals surface area (Å²) in [4.78, 5) is 12.8.